The van der Waals surface area contributed by atoms with Crippen molar-refractivity contribution in [3.8, 4) is 56.8 Å². The lowest BCUT2D eigenvalue weighted by Crippen LogP contribution is -2.10. The summed E-state index contributed by atoms with van der Waals surface area (Å²) in [5, 5.41) is 22.2. The highest BCUT2D eigenvalue weighted by molar-refractivity contribution is 5.93. The van der Waals surface area contributed by atoms with E-state index in [9.17, 15) is 10.2 Å². The second-order valence-corrected chi connectivity index (χ2v) is 12.0. The Morgan fingerprint density at radius 1 is 0.536 bits per heavy atom. The Kier molecular flexibility index (Phi) is 16.0. The van der Waals surface area contributed by atoms with Crippen LogP contribution in [0.4, 0.5) is 11.5 Å². The van der Waals surface area contributed by atoms with E-state index < -0.39 is 0 Å². The molecule has 0 saturated heterocycles. The molecule has 1 aromatic heterocycles. The summed E-state index contributed by atoms with van der Waals surface area (Å²) < 4.78 is 44.3. The van der Waals surface area contributed by atoms with Crippen molar-refractivity contribution in [2.45, 2.75) is 0 Å². The number of aliphatic imine (C=N–C) groups is 2. The van der Waals surface area contributed by atoms with Crippen LogP contribution in [-0.2, 0) is 18.9 Å². The van der Waals surface area contributed by atoms with Crippen LogP contribution in [-0.4, -0.2) is 109 Å². The molecule has 0 fully saturated rings. The number of phenolic OH excluding ortho intramolecular Hbond substituents is 2. The van der Waals surface area contributed by atoms with Gasteiger partial charge in [0.1, 0.15) is 30.4 Å². The van der Waals surface area contributed by atoms with Gasteiger partial charge in [0.2, 0.25) is 0 Å². The largest absolute Gasteiger partial charge is 0.504 e. The lowest BCUT2D eigenvalue weighted by Gasteiger charge is -2.14. The van der Waals surface area contributed by atoms with Crippen molar-refractivity contribution in [3.05, 3.63) is 102 Å². The maximum Gasteiger partial charge on any atom is 0.178 e. The smallest absolute Gasteiger partial charge is 0.178 e. The van der Waals surface area contributed by atoms with Gasteiger partial charge in [0, 0.05) is 55.1 Å². The van der Waals surface area contributed by atoms with Gasteiger partial charge in [-0.25, -0.2) is 9.98 Å². The molecule has 0 unspecified atom stereocenters. The number of hydrogen-bond acceptors (Lipinski definition) is 13. The molecule has 2 N–H and O–H groups in total. The van der Waals surface area contributed by atoms with Crippen molar-refractivity contribution in [2.24, 2.45) is 9.98 Å². The minimum Gasteiger partial charge on any atom is -0.504 e. The quantitative estimate of drug-likeness (QED) is 0.0535. The van der Waals surface area contributed by atoms with E-state index in [0.29, 0.717) is 81.2 Å². The molecule has 0 radical (unpaired) electrons. The highest BCUT2D eigenvalue weighted by Gasteiger charge is 2.16. The number of aromatic nitrogens is 1. The molecule has 5 rings (SSSR count). The average molecular weight is 766 g/mol. The van der Waals surface area contributed by atoms with E-state index in [1.807, 2.05) is 48.5 Å². The first kappa shape index (κ1) is 41.2. The van der Waals surface area contributed by atoms with Crippen molar-refractivity contribution >= 4 is 23.9 Å². The fraction of sp³-hybridized carbons (Fsp3) is 0.279. The molecule has 0 atom stereocenters. The van der Waals surface area contributed by atoms with E-state index in [1.54, 1.807) is 56.8 Å². The van der Waals surface area contributed by atoms with Crippen molar-refractivity contribution in [2.75, 3.05) is 81.3 Å². The number of benzene rings is 4. The van der Waals surface area contributed by atoms with Gasteiger partial charge in [-0.2, -0.15) is 0 Å². The van der Waals surface area contributed by atoms with Crippen molar-refractivity contribution in [3.63, 3.8) is 0 Å². The number of ether oxygens (including phenoxy) is 8. The van der Waals surface area contributed by atoms with E-state index in [0.717, 1.165) is 22.3 Å². The lowest BCUT2D eigenvalue weighted by molar-refractivity contribution is 0.0545. The van der Waals surface area contributed by atoms with Gasteiger partial charge in [0.15, 0.2) is 28.8 Å². The molecule has 0 amide bonds. The highest BCUT2D eigenvalue weighted by atomic mass is 16.5. The van der Waals surface area contributed by atoms with Crippen LogP contribution in [0.15, 0.2) is 101 Å². The normalized spacial score (nSPS) is 11.4. The van der Waals surface area contributed by atoms with E-state index in [1.165, 1.54) is 26.6 Å². The van der Waals surface area contributed by atoms with Gasteiger partial charge in [-0.15, -0.1) is 0 Å². The summed E-state index contributed by atoms with van der Waals surface area (Å²) >= 11 is 0. The predicted molar refractivity (Wildman–Crippen MR) is 215 cm³/mol. The van der Waals surface area contributed by atoms with Crippen LogP contribution >= 0.6 is 0 Å². The van der Waals surface area contributed by atoms with Crippen molar-refractivity contribution < 1.29 is 48.1 Å². The SMILES string of the molecule is COCCOCCOc1ccccc1-c1cc(C=Nc2cccnc2/N=C/c2cc(-c3ccccc3OCCOCCOC)cc(OC)c2O)c(O)c(OC)c1. The zero-order valence-electron chi connectivity index (χ0n) is 32.0. The Morgan fingerprint density at radius 2 is 1.02 bits per heavy atom. The molecule has 0 aliphatic heterocycles. The number of para-hydroxylation sites is 2. The van der Waals surface area contributed by atoms with E-state index in [4.69, 9.17) is 37.9 Å². The zero-order chi connectivity index (χ0) is 39.5. The summed E-state index contributed by atoms with van der Waals surface area (Å²) in [6, 6.07) is 25.7. The topological polar surface area (TPSA) is 152 Å². The third-order valence-electron chi connectivity index (χ3n) is 8.31. The molecule has 0 bridgehead atoms. The van der Waals surface area contributed by atoms with Crippen LogP contribution in [0.2, 0.25) is 0 Å². The van der Waals surface area contributed by atoms with Gasteiger partial charge in [-0.3, -0.25) is 4.99 Å². The van der Waals surface area contributed by atoms with Crippen LogP contribution in [0.3, 0.4) is 0 Å². The monoisotopic (exact) mass is 765 g/mol. The first-order valence-electron chi connectivity index (χ1n) is 17.9. The molecule has 0 spiro atoms. The van der Waals surface area contributed by atoms with Crippen LogP contribution in [0.25, 0.3) is 22.3 Å². The zero-order valence-corrected chi connectivity index (χ0v) is 32.0. The third kappa shape index (κ3) is 11.3. The fourth-order valence-electron chi connectivity index (χ4n) is 5.51. The standard InChI is InChI=1S/C43H47N3O10/c1-49-16-18-53-20-22-55-37-13-7-5-10-34(37)30-24-32(41(47)39(26-30)51-3)28-45-36-12-9-15-44-43(36)46-29-33-25-31(27-40(52-4)42(33)48)35-11-6-8-14-38(35)56-23-21-54-19-17-50-2/h5-15,24-29,47-48H,16-23H2,1-4H3/b45-28?,46-29+. The predicted octanol–water partition coefficient (Wildman–Crippen LogP) is 7.43. The molecule has 56 heavy (non-hydrogen) atoms. The second-order valence-electron chi connectivity index (χ2n) is 12.0. The molecular weight excluding hydrogens is 718 g/mol. The van der Waals surface area contributed by atoms with Gasteiger partial charge in [0.05, 0.1) is 53.9 Å². The third-order valence-corrected chi connectivity index (χ3v) is 8.31. The van der Waals surface area contributed by atoms with E-state index >= 15 is 0 Å². The molecule has 294 valence electrons. The number of rotatable bonds is 22. The highest BCUT2D eigenvalue weighted by Crippen LogP contribution is 2.40. The van der Waals surface area contributed by atoms with Crippen LogP contribution in [0.1, 0.15) is 11.1 Å². The average Bonchev–Trinajstić information content (AvgIpc) is 3.23. The van der Waals surface area contributed by atoms with Crippen molar-refractivity contribution in [1.82, 2.24) is 4.98 Å². The second kappa shape index (κ2) is 21.8. The fourth-order valence-corrected chi connectivity index (χ4v) is 5.51. The Labute approximate surface area is 326 Å². The first-order valence-corrected chi connectivity index (χ1v) is 17.9. The number of pyridine rings is 1. The van der Waals surface area contributed by atoms with Crippen LogP contribution in [0.5, 0.6) is 34.5 Å². The number of hydrogen-bond donors (Lipinski definition) is 2. The molecule has 0 saturated carbocycles. The number of methoxy groups -OCH3 is 4. The summed E-state index contributed by atoms with van der Waals surface area (Å²) in [6.45, 7) is 3.46. The van der Waals surface area contributed by atoms with E-state index in [2.05, 4.69) is 15.0 Å². The first-order chi connectivity index (χ1) is 27.5. The van der Waals surface area contributed by atoms with Crippen LogP contribution < -0.4 is 18.9 Å². The van der Waals surface area contributed by atoms with Gasteiger partial charge in [-0.1, -0.05) is 36.4 Å². The summed E-state index contributed by atoms with van der Waals surface area (Å²) in [4.78, 5) is 13.7. The van der Waals surface area contributed by atoms with Crippen LogP contribution in [0, 0.1) is 0 Å². The maximum absolute atomic E-state index is 11.1. The molecule has 1 heterocycles. The molecule has 5 aromatic rings. The Hall–Kier alpha value is -5.99. The Bertz CT molecular complexity index is 1920. The maximum atomic E-state index is 11.1. The molecule has 0 aliphatic carbocycles. The van der Waals surface area contributed by atoms with E-state index in [-0.39, 0.29) is 28.8 Å². The van der Waals surface area contributed by atoms with Gasteiger partial charge < -0.3 is 48.1 Å². The molecule has 13 heteroatoms. The lowest BCUT2D eigenvalue weighted by atomic mass is 10.0. The van der Waals surface area contributed by atoms with Gasteiger partial charge in [-0.05, 0) is 59.7 Å². The van der Waals surface area contributed by atoms with Crippen molar-refractivity contribution in [1.29, 1.82) is 0 Å². The molecule has 4 aromatic carbocycles. The minimum absolute atomic E-state index is 0.0874. The number of nitrogens with zero attached hydrogens (tertiary/aromatic N) is 3. The Morgan fingerprint density at radius 3 is 1.52 bits per heavy atom. The van der Waals surface area contributed by atoms with Gasteiger partial charge in [0.25, 0.3) is 0 Å². The summed E-state index contributed by atoms with van der Waals surface area (Å²) in [5.74, 6) is 1.90. The number of phenols is 2. The molecular formula is C43H47N3O10. The Balaban J connectivity index is 1.40. The summed E-state index contributed by atoms with van der Waals surface area (Å²) in [5.41, 5.74) is 4.26. The summed E-state index contributed by atoms with van der Waals surface area (Å²) in [7, 11) is 6.22. The summed E-state index contributed by atoms with van der Waals surface area (Å²) in [6.07, 6.45) is 4.61. The minimum atomic E-state index is -0.0948. The molecule has 13 nitrogen and oxygen atoms in total. The number of aromatic hydroxyl groups is 2. The van der Waals surface area contributed by atoms with Gasteiger partial charge >= 0.3 is 0 Å². The molecule has 0 aliphatic rings.